The summed E-state index contributed by atoms with van der Waals surface area (Å²) in [6.07, 6.45) is 1.57. The molecule has 0 saturated heterocycles. The molecule has 12 heteroatoms. The van der Waals surface area contributed by atoms with Crippen molar-refractivity contribution < 1.29 is 30.9 Å². The van der Waals surface area contributed by atoms with Crippen molar-refractivity contribution in [2.45, 2.75) is 12.5 Å². The van der Waals surface area contributed by atoms with Gasteiger partial charge in [0.1, 0.15) is 6.04 Å². The molecule has 3 N–H and O–H groups in total. The van der Waals surface area contributed by atoms with E-state index in [-0.39, 0.29) is 12.2 Å². The second-order valence-corrected chi connectivity index (χ2v) is 8.10. The molecular formula is C11H15BN2O7S2. The van der Waals surface area contributed by atoms with Crippen LogP contribution in [0.1, 0.15) is 5.56 Å². The zero-order valence-corrected chi connectivity index (χ0v) is 13.9. The minimum atomic E-state index is -3.81. The Bertz CT molecular complexity index is 793. The number of sulfonamides is 1. The van der Waals surface area contributed by atoms with Crippen LogP contribution < -0.4 is 14.1 Å². The third kappa shape index (κ3) is 6.88. The number of phenolic OH excluding ortho intramolecular Hbond substituents is 1. The summed E-state index contributed by atoms with van der Waals surface area (Å²) in [6.45, 7) is 0. The highest BCUT2D eigenvalue weighted by atomic mass is 32.2. The predicted molar refractivity (Wildman–Crippen MR) is 82.9 cm³/mol. The fourth-order valence-corrected chi connectivity index (χ4v) is 2.88. The Balaban J connectivity index is 3.01. The number of hydrogen-bond donors (Lipinski definition) is 3. The van der Waals surface area contributed by atoms with Crippen LogP contribution in [-0.4, -0.2) is 54.4 Å². The van der Waals surface area contributed by atoms with Gasteiger partial charge in [-0.1, -0.05) is 6.07 Å². The Morgan fingerprint density at radius 2 is 1.91 bits per heavy atom. The van der Waals surface area contributed by atoms with E-state index in [1.807, 2.05) is 5.23 Å². The molecule has 23 heavy (non-hydrogen) atoms. The summed E-state index contributed by atoms with van der Waals surface area (Å²) in [5.74, 6) is -1.53. The van der Waals surface area contributed by atoms with Crippen LogP contribution in [0.5, 0.6) is 11.5 Å². The molecule has 1 atom stereocenters. The lowest BCUT2D eigenvalue weighted by atomic mass is 10.0. The number of phenols is 1. The van der Waals surface area contributed by atoms with E-state index in [2.05, 4.69) is 8.91 Å². The number of carbonyl (C=O) groups excluding carboxylic acids is 1. The number of aromatic hydroxyl groups is 1. The largest absolute Gasteiger partial charge is 0.504 e. The Morgan fingerprint density at radius 1 is 1.30 bits per heavy atom. The molecule has 0 unspecified atom stereocenters. The summed E-state index contributed by atoms with van der Waals surface area (Å²) in [4.78, 5) is 11.6. The van der Waals surface area contributed by atoms with E-state index >= 15 is 0 Å². The normalized spacial score (nSPS) is 13.3. The van der Waals surface area contributed by atoms with Crippen molar-refractivity contribution in [1.82, 2.24) is 9.95 Å². The quantitative estimate of drug-likeness (QED) is 0.392. The highest BCUT2D eigenvalue weighted by molar-refractivity contribution is 7.88. The predicted octanol–water partition coefficient (Wildman–Crippen LogP) is -1.61. The third-order valence-corrected chi connectivity index (χ3v) is 3.71. The lowest BCUT2D eigenvalue weighted by Crippen LogP contribution is -2.46. The van der Waals surface area contributed by atoms with E-state index in [1.165, 1.54) is 12.1 Å². The lowest BCUT2D eigenvalue weighted by Gasteiger charge is -2.16. The van der Waals surface area contributed by atoms with Crippen LogP contribution in [-0.2, 0) is 31.4 Å². The molecular weight excluding hydrogens is 347 g/mol. The third-order valence-electron chi connectivity index (χ3n) is 2.52. The van der Waals surface area contributed by atoms with Gasteiger partial charge in [-0.3, -0.25) is 4.79 Å². The van der Waals surface area contributed by atoms with Crippen molar-refractivity contribution in [3.8, 4) is 11.5 Å². The molecule has 1 amide bonds. The molecule has 9 nitrogen and oxygen atoms in total. The van der Waals surface area contributed by atoms with Gasteiger partial charge in [-0.05, 0) is 24.1 Å². The molecule has 0 aliphatic heterocycles. The Hall–Kier alpha value is -1.79. The van der Waals surface area contributed by atoms with Crippen molar-refractivity contribution in [2.24, 2.45) is 0 Å². The maximum atomic E-state index is 11.6. The molecule has 0 saturated carbocycles. The van der Waals surface area contributed by atoms with Crippen LogP contribution in [0.4, 0.5) is 0 Å². The van der Waals surface area contributed by atoms with Gasteiger partial charge < -0.3 is 14.5 Å². The van der Waals surface area contributed by atoms with E-state index in [0.29, 0.717) is 5.56 Å². The molecule has 0 spiro atoms. The summed E-state index contributed by atoms with van der Waals surface area (Å²) in [6, 6.07) is 2.52. The molecule has 0 aliphatic rings. The molecule has 0 heterocycles. The molecule has 1 rings (SSSR count). The molecule has 0 aliphatic carbocycles. The Labute approximate surface area is 135 Å². The van der Waals surface area contributed by atoms with Crippen LogP contribution in [0.15, 0.2) is 18.2 Å². The van der Waals surface area contributed by atoms with E-state index in [9.17, 15) is 26.7 Å². The van der Waals surface area contributed by atoms with Crippen molar-refractivity contribution in [3.63, 3.8) is 0 Å². The molecule has 0 bridgehead atoms. The topological polar surface area (TPSA) is 139 Å². The summed E-state index contributed by atoms with van der Waals surface area (Å²) >= 11 is 0. The van der Waals surface area contributed by atoms with E-state index < -0.39 is 37.8 Å². The summed E-state index contributed by atoms with van der Waals surface area (Å²) < 4.78 is 51.2. The number of hydrogen-bond acceptors (Lipinski definition) is 7. The first-order valence-corrected chi connectivity index (χ1v) is 9.81. The number of nitrogens with one attached hydrogen (secondary N) is 2. The molecule has 2 radical (unpaired) electrons. The Morgan fingerprint density at radius 3 is 2.35 bits per heavy atom. The van der Waals surface area contributed by atoms with Gasteiger partial charge in [0.25, 0.3) is 0 Å². The van der Waals surface area contributed by atoms with Crippen molar-refractivity contribution in [3.05, 3.63) is 23.8 Å². The molecule has 0 fully saturated rings. The smallest absolute Gasteiger partial charge is 0.306 e. The van der Waals surface area contributed by atoms with Gasteiger partial charge in [-0.2, -0.15) is 8.42 Å². The second-order valence-electron chi connectivity index (χ2n) is 4.74. The van der Waals surface area contributed by atoms with Gasteiger partial charge in [0.2, 0.25) is 23.9 Å². The molecule has 0 aromatic heterocycles. The van der Waals surface area contributed by atoms with Crippen LogP contribution in [0, 0.1) is 0 Å². The zero-order valence-electron chi connectivity index (χ0n) is 12.3. The van der Waals surface area contributed by atoms with Crippen LogP contribution in [0.25, 0.3) is 0 Å². The standard InChI is InChI=1S/C11H15BN2O7S2/c1-22(17,18)14-8(11(16)13-12)5-7-3-4-10(9(15)6-7)21-23(2,19)20/h3-4,6,8,14-15H,5H2,1-2H3,(H,13,16)/t8-/m0/s1. The van der Waals surface area contributed by atoms with Gasteiger partial charge >= 0.3 is 10.1 Å². The first-order chi connectivity index (χ1) is 10.4. The van der Waals surface area contributed by atoms with Gasteiger partial charge in [-0.15, -0.1) is 0 Å². The first kappa shape index (κ1) is 19.3. The lowest BCUT2D eigenvalue weighted by molar-refractivity contribution is -0.121. The maximum Gasteiger partial charge on any atom is 0.306 e. The van der Waals surface area contributed by atoms with Gasteiger partial charge in [0, 0.05) is 0 Å². The van der Waals surface area contributed by atoms with Crippen LogP contribution in [0.2, 0.25) is 0 Å². The second kappa shape index (κ2) is 7.19. The minimum absolute atomic E-state index is 0.122. The number of carbonyl (C=O) groups is 1. The van der Waals surface area contributed by atoms with Crippen LogP contribution in [0.3, 0.4) is 0 Å². The first-order valence-electron chi connectivity index (χ1n) is 6.10. The zero-order chi connectivity index (χ0) is 17.8. The van der Waals surface area contributed by atoms with Gasteiger partial charge in [-0.25, -0.2) is 13.1 Å². The highest BCUT2D eigenvalue weighted by Gasteiger charge is 2.22. The molecule has 126 valence electrons. The summed E-state index contributed by atoms with van der Waals surface area (Å²) in [7, 11) is -2.48. The fourth-order valence-electron chi connectivity index (χ4n) is 1.71. The number of benzene rings is 1. The van der Waals surface area contributed by atoms with E-state index in [1.54, 1.807) is 0 Å². The van der Waals surface area contributed by atoms with Crippen molar-refractivity contribution in [1.29, 1.82) is 0 Å². The summed E-state index contributed by atoms with van der Waals surface area (Å²) in [5.41, 5.74) is 0.355. The molecule has 1 aromatic rings. The SMILES string of the molecule is [B]NC(=O)[C@H](Cc1ccc(OS(C)(=O)=O)c(O)c1)NS(C)(=O)=O. The fraction of sp³-hybridized carbons (Fsp3) is 0.364. The average Bonchev–Trinajstić information content (AvgIpc) is 2.37. The minimum Gasteiger partial charge on any atom is -0.504 e. The summed E-state index contributed by atoms with van der Waals surface area (Å²) in [5, 5.41) is 11.6. The van der Waals surface area contributed by atoms with E-state index in [0.717, 1.165) is 18.6 Å². The Kier molecular flexibility index (Phi) is 6.02. The van der Waals surface area contributed by atoms with Crippen LogP contribution >= 0.6 is 0 Å². The van der Waals surface area contributed by atoms with Gasteiger partial charge in [0.15, 0.2) is 11.5 Å². The average molecular weight is 362 g/mol. The molecule has 1 aromatic carbocycles. The monoisotopic (exact) mass is 362 g/mol. The van der Waals surface area contributed by atoms with Crippen molar-refractivity contribution >= 4 is 34.0 Å². The van der Waals surface area contributed by atoms with Crippen molar-refractivity contribution in [2.75, 3.05) is 12.5 Å². The highest BCUT2D eigenvalue weighted by Crippen LogP contribution is 2.28. The van der Waals surface area contributed by atoms with Gasteiger partial charge in [0.05, 0.1) is 12.5 Å². The maximum absolute atomic E-state index is 11.6. The van der Waals surface area contributed by atoms with E-state index in [4.69, 9.17) is 7.98 Å². The number of amides is 1. The number of rotatable bonds is 7.